The van der Waals surface area contributed by atoms with E-state index in [0.29, 0.717) is 17.0 Å². The Labute approximate surface area is 109 Å². The fourth-order valence-corrected chi connectivity index (χ4v) is 2.29. The Balaban J connectivity index is 1.79. The molecule has 1 saturated heterocycles. The van der Waals surface area contributed by atoms with Crippen molar-refractivity contribution in [2.45, 2.75) is 25.3 Å². The van der Waals surface area contributed by atoms with Crippen molar-refractivity contribution in [3.63, 3.8) is 0 Å². The van der Waals surface area contributed by atoms with Crippen LogP contribution in [0.15, 0.2) is 17.4 Å². The van der Waals surface area contributed by atoms with Crippen LogP contribution in [0.4, 0.5) is 5.82 Å². The first kappa shape index (κ1) is 11.2. The average Bonchev–Trinajstić information content (AvgIpc) is 3.06. The van der Waals surface area contributed by atoms with Gasteiger partial charge in [0.25, 0.3) is 0 Å². The van der Waals surface area contributed by atoms with Gasteiger partial charge in [0.05, 0.1) is 0 Å². The van der Waals surface area contributed by atoms with Crippen molar-refractivity contribution in [1.82, 2.24) is 19.9 Å². The first-order valence-electron chi connectivity index (χ1n) is 5.49. The maximum atomic E-state index is 6.05. The molecule has 2 heterocycles. The van der Waals surface area contributed by atoms with Crippen molar-refractivity contribution >= 4 is 35.0 Å². The number of hydrogen-bond acceptors (Lipinski definition) is 4. The smallest absolute Gasteiger partial charge is 0.158 e. The van der Waals surface area contributed by atoms with Crippen LogP contribution in [-0.4, -0.2) is 26.4 Å². The highest BCUT2D eigenvalue weighted by Crippen LogP contribution is 2.37. The van der Waals surface area contributed by atoms with Gasteiger partial charge < -0.3 is 0 Å². The lowest BCUT2D eigenvalue weighted by Crippen LogP contribution is -2.30. The van der Waals surface area contributed by atoms with E-state index in [1.54, 1.807) is 6.07 Å². The third-order valence-electron chi connectivity index (χ3n) is 2.96. The number of rotatable bonds is 2. The molecule has 1 N–H and O–H groups in total. The van der Waals surface area contributed by atoms with E-state index < -0.39 is 0 Å². The minimum absolute atomic E-state index is 0.380. The van der Waals surface area contributed by atoms with Gasteiger partial charge in [0.15, 0.2) is 5.82 Å². The molecule has 0 bridgehead atoms. The van der Waals surface area contributed by atoms with Crippen molar-refractivity contribution in [1.29, 1.82) is 0 Å². The molecule has 1 atom stereocenters. The zero-order chi connectivity index (χ0) is 11.8. The molecule has 5 nitrogen and oxygen atoms in total. The summed E-state index contributed by atoms with van der Waals surface area (Å²) in [5.74, 6) is 2.04. The van der Waals surface area contributed by atoms with Gasteiger partial charge in [0.1, 0.15) is 17.3 Å². The minimum Gasteiger partial charge on any atom is -0.224 e. The van der Waals surface area contributed by atoms with E-state index in [9.17, 15) is 0 Å². The molecular formula is C10H11Cl2N5. The molecule has 1 saturated carbocycles. The molecule has 2 fully saturated rings. The van der Waals surface area contributed by atoms with Crippen LogP contribution in [0.25, 0.3) is 0 Å². The molecule has 90 valence electrons. The van der Waals surface area contributed by atoms with Crippen molar-refractivity contribution in [3.8, 4) is 0 Å². The van der Waals surface area contributed by atoms with Crippen LogP contribution in [-0.2, 0) is 0 Å². The molecule has 1 aromatic heterocycles. The second-order valence-corrected chi connectivity index (χ2v) is 5.01. The highest BCUT2D eigenvalue weighted by Gasteiger charge is 2.38. The highest BCUT2D eigenvalue weighted by atomic mass is 35.5. The Morgan fingerprint density at radius 2 is 2.24 bits per heavy atom. The number of amidine groups is 1. The normalized spacial score (nSPS) is 26.8. The third-order valence-corrected chi connectivity index (χ3v) is 3.46. The second kappa shape index (κ2) is 4.40. The van der Waals surface area contributed by atoms with Gasteiger partial charge in [-0.15, -0.1) is 0 Å². The standard InChI is InChI=1S/C10H11Cl2N5/c11-8-4-9(14-5-13-8)15-10-3-7(6-1-2-6)16-17(10)12/h4-7,16H,1-3H2. The largest absolute Gasteiger partial charge is 0.224 e. The van der Waals surface area contributed by atoms with Gasteiger partial charge in [0, 0.05) is 30.3 Å². The second-order valence-electron chi connectivity index (χ2n) is 4.28. The van der Waals surface area contributed by atoms with E-state index >= 15 is 0 Å². The summed E-state index contributed by atoms with van der Waals surface area (Å²) in [6.07, 6.45) is 4.76. The molecule has 1 aliphatic heterocycles. The van der Waals surface area contributed by atoms with Crippen LogP contribution < -0.4 is 5.43 Å². The molecule has 2 aliphatic rings. The zero-order valence-electron chi connectivity index (χ0n) is 8.98. The SMILES string of the molecule is Clc1cc(N=C2CC(C3CC3)NN2Cl)ncn1. The zero-order valence-corrected chi connectivity index (χ0v) is 10.5. The van der Waals surface area contributed by atoms with E-state index in [4.69, 9.17) is 23.4 Å². The molecule has 1 aliphatic carbocycles. The number of aromatic nitrogens is 2. The van der Waals surface area contributed by atoms with Gasteiger partial charge in [-0.3, -0.25) is 0 Å². The summed E-state index contributed by atoms with van der Waals surface area (Å²) in [7, 11) is 0. The molecule has 3 rings (SSSR count). The Kier molecular flexibility index (Phi) is 2.90. The Hall–Kier alpha value is -0.910. The number of aliphatic imine (C=N–C) groups is 1. The van der Waals surface area contributed by atoms with Crippen LogP contribution in [0, 0.1) is 5.92 Å². The minimum atomic E-state index is 0.380. The van der Waals surface area contributed by atoms with Gasteiger partial charge in [-0.1, -0.05) is 11.6 Å². The van der Waals surface area contributed by atoms with Crippen LogP contribution in [0.2, 0.25) is 5.15 Å². The van der Waals surface area contributed by atoms with Gasteiger partial charge >= 0.3 is 0 Å². The van der Waals surface area contributed by atoms with E-state index in [0.717, 1.165) is 18.2 Å². The first-order valence-corrected chi connectivity index (χ1v) is 6.21. The van der Waals surface area contributed by atoms with Gasteiger partial charge in [-0.25, -0.2) is 24.9 Å². The number of nitrogens with zero attached hydrogens (tertiary/aromatic N) is 4. The molecular weight excluding hydrogens is 261 g/mol. The summed E-state index contributed by atoms with van der Waals surface area (Å²) in [5, 5.41) is 0.380. The molecule has 0 aromatic carbocycles. The van der Waals surface area contributed by atoms with Crippen LogP contribution in [0.5, 0.6) is 0 Å². The molecule has 0 radical (unpaired) electrons. The Morgan fingerprint density at radius 1 is 1.41 bits per heavy atom. The molecule has 1 unspecified atom stereocenters. The molecule has 17 heavy (non-hydrogen) atoms. The van der Waals surface area contributed by atoms with E-state index in [1.807, 2.05) is 0 Å². The maximum absolute atomic E-state index is 6.05. The quantitative estimate of drug-likeness (QED) is 0.663. The molecule has 1 aromatic rings. The number of hydrogen-bond donors (Lipinski definition) is 1. The lowest BCUT2D eigenvalue weighted by molar-refractivity contribution is 0.415. The lowest BCUT2D eigenvalue weighted by Gasteiger charge is -2.09. The fraction of sp³-hybridized carbons (Fsp3) is 0.500. The van der Waals surface area contributed by atoms with Crippen molar-refractivity contribution < 1.29 is 0 Å². The van der Waals surface area contributed by atoms with E-state index in [2.05, 4.69) is 20.4 Å². The molecule has 0 spiro atoms. The van der Waals surface area contributed by atoms with Crippen molar-refractivity contribution in [3.05, 3.63) is 17.5 Å². The first-order chi connectivity index (χ1) is 8.22. The predicted octanol–water partition coefficient (Wildman–Crippen LogP) is 2.30. The summed E-state index contributed by atoms with van der Waals surface area (Å²) >= 11 is 11.8. The Morgan fingerprint density at radius 3 is 2.94 bits per heavy atom. The van der Waals surface area contributed by atoms with Crippen LogP contribution >= 0.6 is 23.4 Å². The molecule has 7 heteroatoms. The highest BCUT2D eigenvalue weighted by molar-refractivity contribution is 6.29. The number of halogens is 2. The van der Waals surface area contributed by atoms with Crippen molar-refractivity contribution in [2.24, 2.45) is 10.9 Å². The van der Waals surface area contributed by atoms with Gasteiger partial charge in [0.2, 0.25) is 0 Å². The van der Waals surface area contributed by atoms with Gasteiger partial charge in [-0.2, -0.15) is 0 Å². The van der Waals surface area contributed by atoms with Crippen LogP contribution in [0.3, 0.4) is 0 Å². The van der Waals surface area contributed by atoms with E-state index in [-0.39, 0.29) is 0 Å². The summed E-state index contributed by atoms with van der Waals surface area (Å²) in [6, 6.07) is 2.02. The number of hydrazine groups is 1. The summed E-state index contributed by atoms with van der Waals surface area (Å²) in [5.41, 5.74) is 3.19. The van der Waals surface area contributed by atoms with Crippen molar-refractivity contribution in [2.75, 3.05) is 0 Å². The Bertz CT molecular complexity index is 460. The van der Waals surface area contributed by atoms with E-state index in [1.165, 1.54) is 23.7 Å². The summed E-state index contributed by atoms with van der Waals surface area (Å²) in [6.45, 7) is 0. The van der Waals surface area contributed by atoms with Crippen LogP contribution in [0.1, 0.15) is 19.3 Å². The maximum Gasteiger partial charge on any atom is 0.158 e. The third kappa shape index (κ3) is 2.51. The molecule has 0 amide bonds. The summed E-state index contributed by atoms with van der Waals surface area (Å²) in [4.78, 5) is 12.2. The lowest BCUT2D eigenvalue weighted by atomic mass is 10.1. The predicted molar refractivity (Wildman–Crippen MR) is 66.1 cm³/mol. The van der Waals surface area contributed by atoms with Gasteiger partial charge in [-0.05, 0) is 18.8 Å². The fourth-order valence-electron chi connectivity index (χ4n) is 1.92. The summed E-state index contributed by atoms with van der Waals surface area (Å²) < 4.78 is 1.46. The topological polar surface area (TPSA) is 53.4 Å². The average molecular weight is 272 g/mol. The number of nitrogens with one attached hydrogen (secondary N) is 1. The monoisotopic (exact) mass is 271 g/mol.